The van der Waals surface area contributed by atoms with Crippen LogP contribution in [0.15, 0.2) is 103 Å². The average molecular weight is 520 g/mol. The number of nitrogens with zero attached hydrogens (tertiary/aromatic N) is 3. The number of anilines is 2. The molecule has 1 amide bonds. The molecule has 198 valence electrons. The Bertz CT molecular complexity index is 1360. The molecule has 0 saturated carbocycles. The van der Waals surface area contributed by atoms with Crippen LogP contribution in [0, 0.1) is 5.82 Å². The highest BCUT2D eigenvalue weighted by Crippen LogP contribution is 2.30. The molecule has 0 bridgehead atoms. The second-order valence-corrected chi connectivity index (χ2v) is 10.5. The van der Waals surface area contributed by atoms with Gasteiger partial charge in [-0.1, -0.05) is 66.7 Å². The van der Waals surface area contributed by atoms with E-state index in [1.807, 2.05) is 0 Å². The second kappa shape index (κ2) is 11.4. The lowest BCUT2D eigenvalue weighted by atomic mass is 9.88. The molecule has 2 aliphatic rings. The third-order valence-corrected chi connectivity index (χ3v) is 8.19. The van der Waals surface area contributed by atoms with Crippen molar-refractivity contribution in [1.29, 1.82) is 0 Å². The molecule has 4 aromatic carbocycles. The van der Waals surface area contributed by atoms with Crippen molar-refractivity contribution in [3.8, 4) is 0 Å². The van der Waals surface area contributed by atoms with Gasteiger partial charge in [-0.3, -0.25) is 9.69 Å². The van der Waals surface area contributed by atoms with E-state index in [0.29, 0.717) is 12.5 Å². The van der Waals surface area contributed by atoms with Crippen molar-refractivity contribution >= 4 is 17.3 Å². The summed E-state index contributed by atoms with van der Waals surface area (Å²) in [6, 6.07) is 34.2. The SMILES string of the molecule is O=C1c2cc(N3CCN(CCC(c4ccccc4)c4ccccc4)CC3)ccc2CCN1c1ccc(F)cc1. The van der Waals surface area contributed by atoms with E-state index in [1.165, 1.54) is 23.3 Å². The molecule has 0 radical (unpaired) electrons. The van der Waals surface area contributed by atoms with Gasteiger partial charge in [-0.25, -0.2) is 4.39 Å². The molecule has 0 spiro atoms. The molecule has 1 fully saturated rings. The first-order valence-corrected chi connectivity index (χ1v) is 13.9. The van der Waals surface area contributed by atoms with E-state index in [0.717, 1.165) is 68.1 Å². The fraction of sp³-hybridized carbons (Fsp3) is 0.265. The molecule has 39 heavy (non-hydrogen) atoms. The topological polar surface area (TPSA) is 26.8 Å². The normalized spacial score (nSPS) is 16.0. The fourth-order valence-electron chi connectivity index (χ4n) is 5.96. The highest BCUT2D eigenvalue weighted by atomic mass is 19.1. The molecule has 6 rings (SSSR count). The van der Waals surface area contributed by atoms with Gasteiger partial charge in [0.25, 0.3) is 5.91 Å². The standard InChI is InChI=1S/C34H34FN3O/c35-29-12-15-30(16-13-29)38-20-17-28-11-14-31(25-33(28)34(38)39)37-23-21-36(22-24-37)19-18-32(26-7-3-1-4-8-26)27-9-5-2-6-10-27/h1-16,25,32H,17-24H2. The summed E-state index contributed by atoms with van der Waals surface area (Å²) in [5.74, 6) is 0.0954. The highest BCUT2D eigenvalue weighted by molar-refractivity contribution is 6.08. The van der Waals surface area contributed by atoms with E-state index in [4.69, 9.17) is 0 Å². The van der Waals surface area contributed by atoms with Crippen molar-refractivity contribution in [3.05, 3.63) is 131 Å². The molecule has 2 heterocycles. The smallest absolute Gasteiger partial charge is 0.258 e. The zero-order chi connectivity index (χ0) is 26.6. The number of fused-ring (bicyclic) bond motifs is 1. The Morgan fingerprint density at radius 1 is 0.692 bits per heavy atom. The van der Waals surface area contributed by atoms with Crippen molar-refractivity contribution in [1.82, 2.24) is 4.90 Å². The molecule has 0 atom stereocenters. The molecule has 2 aliphatic heterocycles. The van der Waals surface area contributed by atoms with Gasteiger partial charge in [-0.2, -0.15) is 0 Å². The fourth-order valence-corrected chi connectivity index (χ4v) is 5.96. The van der Waals surface area contributed by atoms with Gasteiger partial charge in [-0.15, -0.1) is 0 Å². The zero-order valence-corrected chi connectivity index (χ0v) is 22.2. The molecule has 0 aliphatic carbocycles. The summed E-state index contributed by atoms with van der Waals surface area (Å²) in [4.78, 5) is 20.1. The monoisotopic (exact) mass is 519 g/mol. The maximum absolute atomic E-state index is 13.4. The van der Waals surface area contributed by atoms with Crippen molar-refractivity contribution in [2.45, 2.75) is 18.8 Å². The van der Waals surface area contributed by atoms with Crippen LogP contribution in [0.3, 0.4) is 0 Å². The van der Waals surface area contributed by atoms with Crippen LogP contribution in [-0.2, 0) is 6.42 Å². The Morgan fingerprint density at radius 2 is 1.31 bits per heavy atom. The van der Waals surface area contributed by atoms with E-state index in [1.54, 1.807) is 17.0 Å². The minimum atomic E-state index is -0.291. The number of carbonyl (C=O) groups excluding carboxylic acids is 1. The second-order valence-electron chi connectivity index (χ2n) is 10.5. The summed E-state index contributed by atoms with van der Waals surface area (Å²) >= 11 is 0. The van der Waals surface area contributed by atoms with Gasteiger partial charge in [-0.05, 0) is 72.5 Å². The van der Waals surface area contributed by atoms with Gasteiger partial charge in [0.1, 0.15) is 5.82 Å². The molecule has 1 saturated heterocycles. The summed E-state index contributed by atoms with van der Waals surface area (Å²) in [6.07, 6.45) is 1.89. The Labute approximate surface area is 230 Å². The first-order chi connectivity index (χ1) is 19.2. The van der Waals surface area contributed by atoms with Gasteiger partial charge in [0.15, 0.2) is 0 Å². The third kappa shape index (κ3) is 5.59. The Hall–Kier alpha value is -3.96. The maximum Gasteiger partial charge on any atom is 0.258 e. The third-order valence-electron chi connectivity index (χ3n) is 8.19. The van der Waals surface area contributed by atoms with Crippen LogP contribution in [0.2, 0.25) is 0 Å². The van der Waals surface area contributed by atoms with Crippen LogP contribution in [-0.4, -0.2) is 50.1 Å². The molecule has 5 heteroatoms. The number of piperazine rings is 1. The minimum absolute atomic E-state index is 0.00351. The van der Waals surface area contributed by atoms with Gasteiger partial charge >= 0.3 is 0 Å². The Kier molecular flexibility index (Phi) is 7.42. The number of hydrogen-bond acceptors (Lipinski definition) is 3. The summed E-state index contributed by atoms with van der Waals surface area (Å²) in [6.45, 7) is 5.55. The van der Waals surface area contributed by atoms with E-state index in [-0.39, 0.29) is 11.7 Å². The van der Waals surface area contributed by atoms with Crippen LogP contribution in [0.4, 0.5) is 15.8 Å². The molecule has 0 aromatic heterocycles. The first-order valence-electron chi connectivity index (χ1n) is 13.9. The lowest BCUT2D eigenvalue weighted by molar-refractivity contribution is 0.0980. The van der Waals surface area contributed by atoms with E-state index in [9.17, 15) is 9.18 Å². The van der Waals surface area contributed by atoms with E-state index >= 15 is 0 Å². The van der Waals surface area contributed by atoms with Crippen LogP contribution in [0.5, 0.6) is 0 Å². The Morgan fingerprint density at radius 3 is 1.95 bits per heavy atom. The number of amides is 1. The van der Waals surface area contributed by atoms with Crippen molar-refractivity contribution in [2.75, 3.05) is 49.1 Å². The van der Waals surface area contributed by atoms with Crippen molar-refractivity contribution in [3.63, 3.8) is 0 Å². The van der Waals surface area contributed by atoms with E-state index < -0.39 is 0 Å². The largest absolute Gasteiger partial charge is 0.369 e. The first kappa shape index (κ1) is 25.3. The average Bonchev–Trinajstić information content (AvgIpc) is 2.99. The summed E-state index contributed by atoms with van der Waals surface area (Å²) in [5, 5.41) is 0. The lowest BCUT2D eigenvalue weighted by Crippen LogP contribution is -2.47. The maximum atomic E-state index is 13.4. The summed E-state index contributed by atoms with van der Waals surface area (Å²) in [7, 11) is 0. The zero-order valence-electron chi connectivity index (χ0n) is 22.2. The van der Waals surface area contributed by atoms with Gasteiger partial charge in [0.2, 0.25) is 0 Å². The summed E-state index contributed by atoms with van der Waals surface area (Å²) in [5.41, 5.74) is 6.45. The Balaban J connectivity index is 1.10. The number of rotatable bonds is 7. The minimum Gasteiger partial charge on any atom is -0.369 e. The van der Waals surface area contributed by atoms with Crippen molar-refractivity contribution < 1.29 is 9.18 Å². The highest BCUT2D eigenvalue weighted by Gasteiger charge is 2.27. The molecular weight excluding hydrogens is 485 g/mol. The van der Waals surface area contributed by atoms with Crippen LogP contribution < -0.4 is 9.80 Å². The number of benzene rings is 4. The molecule has 4 nitrogen and oxygen atoms in total. The van der Waals surface area contributed by atoms with Gasteiger partial charge < -0.3 is 9.80 Å². The van der Waals surface area contributed by atoms with Gasteiger partial charge in [0, 0.05) is 55.6 Å². The number of halogens is 1. The number of hydrogen-bond donors (Lipinski definition) is 0. The predicted molar refractivity (Wildman–Crippen MR) is 156 cm³/mol. The number of carbonyl (C=O) groups is 1. The van der Waals surface area contributed by atoms with E-state index in [2.05, 4.69) is 88.7 Å². The predicted octanol–water partition coefficient (Wildman–Crippen LogP) is 6.37. The quantitative estimate of drug-likeness (QED) is 0.284. The molecule has 0 unspecified atom stereocenters. The molecule has 4 aromatic rings. The van der Waals surface area contributed by atoms with Crippen LogP contribution in [0.25, 0.3) is 0 Å². The lowest BCUT2D eigenvalue weighted by Gasteiger charge is -2.37. The van der Waals surface area contributed by atoms with Crippen LogP contribution >= 0.6 is 0 Å². The van der Waals surface area contributed by atoms with Crippen molar-refractivity contribution in [2.24, 2.45) is 0 Å². The molecular formula is C34H34FN3O. The van der Waals surface area contributed by atoms with Crippen LogP contribution in [0.1, 0.15) is 39.4 Å². The van der Waals surface area contributed by atoms with Gasteiger partial charge in [0.05, 0.1) is 0 Å². The summed E-state index contributed by atoms with van der Waals surface area (Å²) < 4.78 is 13.4. The molecule has 0 N–H and O–H groups in total.